The Kier molecular flexibility index (Phi) is 8.95. The number of carbonyl (C=O) groups is 1. The molecule has 3 N–H and O–H groups in total. The fourth-order valence-corrected chi connectivity index (χ4v) is 3.17. The summed E-state index contributed by atoms with van der Waals surface area (Å²) in [7, 11) is -1.66. The van der Waals surface area contributed by atoms with Gasteiger partial charge in [-0.15, -0.1) is 0 Å². The lowest BCUT2D eigenvalue weighted by Crippen LogP contribution is -2.46. The number of aromatic nitrogens is 2. The summed E-state index contributed by atoms with van der Waals surface area (Å²) in [5.41, 5.74) is 2.73. The van der Waals surface area contributed by atoms with Gasteiger partial charge in [-0.25, -0.2) is 4.98 Å². The summed E-state index contributed by atoms with van der Waals surface area (Å²) in [6, 6.07) is 7.72. The zero-order valence-electron chi connectivity index (χ0n) is 17.3. The van der Waals surface area contributed by atoms with Gasteiger partial charge in [-0.2, -0.15) is 0 Å². The first kappa shape index (κ1) is 22.7. The molecule has 29 heavy (non-hydrogen) atoms. The normalized spacial score (nSPS) is 13.4. The summed E-state index contributed by atoms with van der Waals surface area (Å²) in [5.74, 6) is -0.301. The first-order valence-corrected chi connectivity index (χ1v) is 10.00. The van der Waals surface area contributed by atoms with Gasteiger partial charge in [-0.3, -0.25) is 4.79 Å². The van der Waals surface area contributed by atoms with Crippen molar-refractivity contribution in [2.45, 2.75) is 52.5 Å². The molecule has 2 rings (SSSR count). The van der Waals surface area contributed by atoms with Gasteiger partial charge in [0, 0.05) is 13.0 Å². The van der Waals surface area contributed by atoms with Crippen LogP contribution in [0.2, 0.25) is 0 Å². The highest BCUT2D eigenvalue weighted by Crippen LogP contribution is 2.14. The van der Waals surface area contributed by atoms with Crippen LogP contribution in [-0.4, -0.2) is 45.2 Å². The van der Waals surface area contributed by atoms with Gasteiger partial charge in [0.2, 0.25) is 5.91 Å². The van der Waals surface area contributed by atoms with Gasteiger partial charge in [0.15, 0.2) is 0 Å². The second-order valence-electron chi connectivity index (χ2n) is 6.84. The molecule has 1 heterocycles. The third kappa shape index (κ3) is 7.07. The molecule has 0 unspecified atom stereocenters. The largest absolute Gasteiger partial charge is 0.499 e. The number of fused-ring (bicyclic) bond motifs is 1. The number of ether oxygens (including phenoxy) is 1. The molecule has 7 nitrogen and oxygen atoms in total. The van der Waals surface area contributed by atoms with E-state index in [4.69, 9.17) is 4.74 Å². The van der Waals surface area contributed by atoms with Gasteiger partial charge in [0.1, 0.15) is 0 Å². The zero-order valence-corrected chi connectivity index (χ0v) is 17.3. The lowest BCUT2D eigenvalue weighted by atomic mass is 9.75. The van der Waals surface area contributed by atoms with Crippen molar-refractivity contribution in [3.05, 3.63) is 54.1 Å². The minimum absolute atomic E-state index is 0.213. The van der Waals surface area contributed by atoms with Crippen molar-refractivity contribution in [2.75, 3.05) is 6.61 Å². The Morgan fingerprint density at radius 1 is 1.34 bits per heavy atom. The molecule has 8 heteroatoms. The Morgan fingerprint density at radius 2 is 2.10 bits per heavy atom. The number of carbonyl (C=O) groups excluding carboxylic acids is 1. The number of amides is 1. The topological polar surface area (TPSA) is 96.6 Å². The van der Waals surface area contributed by atoms with Crippen LogP contribution >= 0.6 is 0 Å². The maximum atomic E-state index is 12.4. The molecule has 0 aliphatic carbocycles. The predicted octanol–water partition coefficient (Wildman–Crippen LogP) is 2.59. The fraction of sp³-hybridized carbons (Fsp3) is 0.429. The molecule has 0 saturated heterocycles. The smallest absolute Gasteiger partial charge is 0.475 e. The van der Waals surface area contributed by atoms with E-state index in [0.29, 0.717) is 19.6 Å². The number of allylic oxidation sites excluding steroid dienone is 3. The van der Waals surface area contributed by atoms with Gasteiger partial charge >= 0.3 is 7.12 Å². The monoisotopic (exact) mass is 399 g/mol. The van der Waals surface area contributed by atoms with Crippen molar-refractivity contribution in [3.8, 4) is 0 Å². The predicted molar refractivity (Wildman–Crippen MR) is 115 cm³/mol. The van der Waals surface area contributed by atoms with Crippen molar-refractivity contribution in [2.24, 2.45) is 0 Å². The van der Waals surface area contributed by atoms with E-state index in [-0.39, 0.29) is 12.3 Å². The highest BCUT2D eigenvalue weighted by atomic mass is 16.5. The Bertz CT molecular complexity index is 860. The van der Waals surface area contributed by atoms with E-state index >= 15 is 0 Å². The van der Waals surface area contributed by atoms with Crippen molar-refractivity contribution in [3.63, 3.8) is 0 Å². The molecule has 1 atom stereocenters. The van der Waals surface area contributed by atoms with E-state index in [1.54, 1.807) is 6.33 Å². The van der Waals surface area contributed by atoms with E-state index in [9.17, 15) is 14.8 Å². The van der Waals surface area contributed by atoms with Crippen LogP contribution in [0.1, 0.15) is 40.0 Å². The Hall–Kier alpha value is -2.58. The van der Waals surface area contributed by atoms with E-state index in [2.05, 4.69) is 10.3 Å². The number of hydrogen-bond donors (Lipinski definition) is 3. The van der Waals surface area contributed by atoms with Crippen LogP contribution in [0.4, 0.5) is 0 Å². The molecule has 0 saturated carbocycles. The summed E-state index contributed by atoms with van der Waals surface area (Å²) < 4.78 is 7.37. The highest BCUT2D eigenvalue weighted by Gasteiger charge is 2.26. The van der Waals surface area contributed by atoms with Crippen LogP contribution < -0.4 is 5.32 Å². The minimum atomic E-state index is -1.66. The highest BCUT2D eigenvalue weighted by molar-refractivity contribution is 6.43. The van der Waals surface area contributed by atoms with E-state index in [1.165, 1.54) is 0 Å². The van der Waals surface area contributed by atoms with Crippen molar-refractivity contribution in [1.82, 2.24) is 14.9 Å². The van der Waals surface area contributed by atoms with Crippen molar-refractivity contribution < 1.29 is 19.6 Å². The second-order valence-corrected chi connectivity index (χ2v) is 6.84. The van der Waals surface area contributed by atoms with Crippen molar-refractivity contribution >= 4 is 24.1 Å². The van der Waals surface area contributed by atoms with Crippen molar-refractivity contribution in [1.29, 1.82) is 0 Å². The van der Waals surface area contributed by atoms with E-state index in [1.807, 2.05) is 61.8 Å². The molecular formula is C21H30BN3O4. The van der Waals surface area contributed by atoms with Crippen LogP contribution in [-0.2, 0) is 16.1 Å². The Labute approximate surface area is 172 Å². The first-order chi connectivity index (χ1) is 13.9. The van der Waals surface area contributed by atoms with Gasteiger partial charge in [0.05, 0.1) is 35.7 Å². The van der Waals surface area contributed by atoms with E-state index < -0.39 is 13.1 Å². The maximum Gasteiger partial charge on any atom is 0.475 e. The molecule has 1 aromatic heterocycles. The number of benzene rings is 1. The van der Waals surface area contributed by atoms with Crippen LogP contribution in [0.25, 0.3) is 11.0 Å². The maximum absolute atomic E-state index is 12.4. The number of rotatable bonds is 11. The number of aryl methyl sites for hydroxylation is 1. The lowest BCUT2D eigenvalue weighted by molar-refractivity contribution is -0.121. The average Bonchev–Trinajstić information content (AvgIpc) is 3.09. The molecule has 156 valence electrons. The summed E-state index contributed by atoms with van der Waals surface area (Å²) in [5, 5.41) is 22.2. The SMILES string of the molecule is CC/C=C(\C=C(/C)OCC)C[C@H](NC(=O)CCn1cnc2ccccc21)B(O)O. The molecule has 0 aliphatic rings. The standard InChI is InChI=1S/C21H30BN3O4/c1-4-8-17(13-16(3)29-5-2)14-20(22(27)28)24-21(26)11-12-25-15-23-18-9-6-7-10-19(18)25/h6-10,13,15,20,27-28H,4-5,11-12,14H2,1-3H3,(H,24,26)/b16-13+,17-8+/t20-/m0/s1. The quantitative estimate of drug-likeness (QED) is 0.307. The molecule has 0 radical (unpaired) electrons. The number of nitrogens with one attached hydrogen (secondary N) is 1. The van der Waals surface area contributed by atoms with Gasteiger partial charge in [-0.1, -0.05) is 25.1 Å². The minimum Gasteiger partial charge on any atom is -0.499 e. The number of nitrogens with zero attached hydrogens (tertiary/aromatic N) is 2. The molecule has 0 bridgehead atoms. The second kappa shape index (κ2) is 11.4. The molecule has 0 aliphatic heterocycles. The van der Waals surface area contributed by atoms with Crippen LogP contribution in [0.15, 0.2) is 54.1 Å². The molecule has 2 aromatic rings. The number of para-hydroxylation sites is 2. The lowest BCUT2D eigenvalue weighted by Gasteiger charge is -2.19. The number of hydrogen-bond acceptors (Lipinski definition) is 5. The van der Waals surface area contributed by atoms with Gasteiger partial charge in [0.25, 0.3) is 0 Å². The summed E-state index contributed by atoms with van der Waals surface area (Å²) in [6.07, 6.45) is 6.87. The third-order valence-corrected chi connectivity index (χ3v) is 4.50. The average molecular weight is 399 g/mol. The summed E-state index contributed by atoms with van der Waals surface area (Å²) in [6.45, 7) is 6.78. The third-order valence-electron chi connectivity index (χ3n) is 4.50. The summed E-state index contributed by atoms with van der Waals surface area (Å²) in [4.78, 5) is 16.7. The van der Waals surface area contributed by atoms with Crippen LogP contribution in [0.3, 0.4) is 0 Å². The molecular weight excluding hydrogens is 369 g/mol. The molecule has 0 fully saturated rings. The fourth-order valence-electron chi connectivity index (χ4n) is 3.17. The Morgan fingerprint density at radius 3 is 2.79 bits per heavy atom. The first-order valence-electron chi connectivity index (χ1n) is 10.00. The Balaban J connectivity index is 1.98. The molecule has 1 amide bonds. The van der Waals surface area contributed by atoms with Gasteiger partial charge in [-0.05, 0) is 50.5 Å². The van der Waals surface area contributed by atoms with Gasteiger partial charge < -0.3 is 24.7 Å². The van der Waals surface area contributed by atoms with Crippen LogP contribution in [0, 0.1) is 0 Å². The summed E-state index contributed by atoms with van der Waals surface area (Å²) >= 11 is 0. The zero-order chi connectivity index (χ0) is 21.2. The molecule has 1 aromatic carbocycles. The molecule has 0 spiro atoms. The van der Waals surface area contributed by atoms with Crippen LogP contribution in [0.5, 0.6) is 0 Å². The van der Waals surface area contributed by atoms with E-state index in [0.717, 1.165) is 28.8 Å². The number of imidazole rings is 1.